The lowest BCUT2D eigenvalue weighted by atomic mass is 9.97. The van der Waals surface area contributed by atoms with E-state index in [4.69, 9.17) is 8.92 Å². The van der Waals surface area contributed by atoms with Crippen LogP contribution in [0.25, 0.3) is 0 Å². The molecule has 6 heteroatoms. The molecular formula is C14H20O4S2. The Morgan fingerprint density at radius 2 is 1.80 bits per heavy atom. The van der Waals surface area contributed by atoms with E-state index in [9.17, 15) is 8.42 Å². The average molecular weight is 316 g/mol. The molecule has 0 unspecified atom stereocenters. The molecule has 20 heavy (non-hydrogen) atoms. The fourth-order valence-corrected chi connectivity index (χ4v) is 4.38. The summed E-state index contributed by atoms with van der Waals surface area (Å²) in [5.41, 5.74) is 0. The third-order valence-corrected chi connectivity index (χ3v) is 5.27. The molecule has 1 saturated carbocycles. The van der Waals surface area contributed by atoms with Crippen LogP contribution in [-0.2, 0) is 14.3 Å². The first-order valence-electron chi connectivity index (χ1n) is 6.67. The predicted octanol–water partition coefficient (Wildman–Crippen LogP) is 3.07. The Morgan fingerprint density at radius 3 is 2.40 bits per heavy atom. The number of thioether (sulfide) groups is 1. The fourth-order valence-electron chi connectivity index (χ4n) is 2.36. The van der Waals surface area contributed by atoms with Crippen molar-refractivity contribution >= 4 is 21.9 Å². The van der Waals surface area contributed by atoms with Crippen LogP contribution in [0.1, 0.15) is 25.7 Å². The maximum atomic E-state index is 11.3. The summed E-state index contributed by atoms with van der Waals surface area (Å²) in [4.78, 5) is 1.11. The van der Waals surface area contributed by atoms with Gasteiger partial charge < -0.3 is 4.74 Å². The van der Waals surface area contributed by atoms with Crippen LogP contribution in [-0.4, -0.2) is 33.1 Å². The van der Waals surface area contributed by atoms with Gasteiger partial charge >= 0.3 is 0 Å². The third kappa shape index (κ3) is 4.68. The molecule has 0 aromatic heterocycles. The van der Waals surface area contributed by atoms with Crippen LogP contribution in [0.15, 0.2) is 29.2 Å². The molecule has 1 aliphatic carbocycles. The Kier molecular flexibility index (Phi) is 5.35. The van der Waals surface area contributed by atoms with E-state index < -0.39 is 10.1 Å². The molecule has 2 rings (SSSR count). The van der Waals surface area contributed by atoms with Gasteiger partial charge in [-0.05, 0) is 37.1 Å². The van der Waals surface area contributed by atoms with E-state index in [-0.39, 0.29) is 11.4 Å². The Hall–Kier alpha value is -0.720. The van der Waals surface area contributed by atoms with Crippen molar-refractivity contribution in [3.05, 3.63) is 24.3 Å². The van der Waals surface area contributed by atoms with Crippen molar-refractivity contribution in [2.24, 2.45) is 0 Å². The highest BCUT2D eigenvalue weighted by Crippen LogP contribution is 2.36. The molecule has 112 valence electrons. The minimum Gasteiger partial charge on any atom is -0.497 e. The monoisotopic (exact) mass is 316 g/mol. The quantitative estimate of drug-likeness (QED) is 0.781. The fraction of sp³-hybridized carbons (Fsp3) is 0.571. The van der Waals surface area contributed by atoms with E-state index >= 15 is 0 Å². The lowest BCUT2D eigenvalue weighted by molar-refractivity contribution is 0.170. The Labute approximate surface area is 125 Å². The van der Waals surface area contributed by atoms with Gasteiger partial charge in [0.25, 0.3) is 10.1 Å². The van der Waals surface area contributed by atoms with Gasteiger partial charge in [-0.2, -0.15) is 8.42 Å². The Balaban J connectivity index is 2.04. The Morgan fingerprint density at radius 1 is 1.15 bits per heavy atom. The molecule has 0 spiro atoms. The molecule has 0 bridgehead atoms. The summed E-state index contributed by atoms with van der Waals surface area (Å²) in [5, 5.41) is 0.187. The molecule has 0 amide bonds. The maximum Gasteiger partial charge on any atom is 0.264 e. The van der Waals surface area contributed by atoms with Crippen molar-refractivity contribution in [3.8, 4) is 5.75 Å². The standard InChI is InChI=1S/C14H20O4S2/c1-17-11-7-9-12(10-8-11)19-14-6-4-3-5-13(14)18-20(2,15)16/h7-10,13-14H,3-6H2,1-2H3/t13-,14+/m1/s1. The first kappa shape index (κ1) is 15.7. The summed E-state index contributed by atoms with van der Waals surface area (Å²) in [6, 6.07) is 7.82. The largest absolute Gasteiger partial charge is 0.497 e. The number of ether oxygens (including phenoxy) is 1. The van der Waals surface area contributed by atoms with Crippen molar-refractivity contribution in [2.45, 2.75) is 41.9 Å². The van der Waals surface area contributed by atoms with Crippen molar-refractivity contribution in [2.75, 3.05) is 13.4 Å². The summed E-state index contributed by atoms with van der Waals surface area (Å²) in [7, 11) is -1.75. The SMILES string of the molecule is COc1ccc(S[C@H]2CCCC[C@H]2OS(C)(=O)=O)cc1. The molecule has 4 nitrogen and oxygen atoms in total. The average Bonchev–Trinajstić information content (AvgIpc) is 2.40. The van der Waals surface area contributed by atoms with E-state index in [1.54, 1.807) is 18.9 Å². The number of rotatable bonds is 5. The van der Waals surface area contributed by atoms with Crippen LogP contribution in [0.3, 0.4) is 0 Å². The van der Waals surface area contributed by atoms with E-state index in [0.29, 0.717) is 0 Å². The second-order valence-corrected chi connectivity index (χ2v) is 7.87. The summed E-state index contributed by atoms with van der Waals surface area (Å²) in [6.45, 7) is 0. The van der Waals surface area contributed by atoms with Gasteiger partial charge in [-0.1, -0.05) is 12.8 Å². The van der Waals surface area contributed by atoms with Gasteiger partial charge in [0.2, 0.25) is 0 Å². The van der Waals surface area contributed by atoms with Crippen molar-refractivity contribution < 1.29 is 17.3 Å². The highest BCUT2D eigenvalue weighted by molar-refractivity contribution is 8.00. The van der Waals surface area contributed by atoms with Crippen molar-refractivity contribution in [1.29, 1.82) is 0 Å². The first-order chi connectivity index (χ1) is 9.48. The van der Waals surface area contributed by atoms with E-state index in [1.807, 2.05) is 24.3 Å². The van der Waals surface area contributed by atoms with Crippen molar-refractivity contribution in [1.82, 2.24) is 0 Å². The third-order valence-electron chi connectivity index (χ3n) is 3.29. The van der Waals surface area contributed by atoms with Gasteiger partial charge in [-0.15, -0.1) is 11.8 Å². The van der Waals surface area contributed by atoms with Crippen LogP contribution in [0.2, 0.25) is 0 Å². The maximum absolute atomic E-state index is 11.3. The van der Waals surface area contributed by atoms with Gasteiger partial charge in [0.05, 0.1) is 19.5 Å². The molecule has 0 heterocycles. The molecule has 2 atom stereocenters. The second-order valence-electron chi connectivity index (χ2n) is 4.96. The van der Waals surface area contributed by atoms with Crippen LogP contribution in [0.5, 0.6) is 5.75 Å². The van der Waals surface area contributed by atoms with Crippen LogP contribution >= 0.6 is 11.8 Å². The normalized spacial score (nSPS) is 23.5. The number of hydrogen-bond acceptors (Lipinski definition) is 5. The lowest BCUT2D eigenvalue weighted by Gasteiger charge is -2.29. The molecule has 1 fully saturated rings. The van der Waals surface area contributed by atoms with Gasteiger partial charge in [-0.3, -0.25) is 4.18 Å². The molecule has 1 aliphatic rings. The van der Waals surface area contributed by atoms with Crippen LogP contribution < -0.4 is 4.74 Å². The minimum absolute atomic E-state index is 0.187. The molecule has 0 saturated heterocycles. The molecule has 0 aliphatic heterocycles. The topological polar surface area (TPSA) is 52.6 Å². The second kappa shape index (κ2) is 6.83. The predicted molar refractivity (Wildman–Crippen MR) is 80.8 cm³/mol. The zero-order valence-electron chi connectivity index (χ0n) is 11.7. The van der Waals surface area contributed by atoms with E-state index in [0.717, 1.165) is 42.6 Å². The smallest absolute Gasteiger partial charge is 0.264 e. The van der Waals surface area contributed by atoms with Crippen LogP contribution in [0, 0.1) is 0 Å². The first-order valence-corrected chi connectivity index (χ1v) is 9.36. The number of hydrogen-bond donors (Lipinski definition) is 0. The summed E-state index contributed by atoms with van der Waals surface area (Å²) >= 11 is 1.69. The zero-order valence-corrected chi connectivity index (χ0v) is 13.4. The number of methoxy groups -OCH3 is 1. The minimum atomic E-state index is -3.39. The molecule has 1 aromatic rings. The molecule has 1 aromatic carbocycles. The van der Waals surface area contributed by atoms with Gasteiger partial charge in [0, 0.05) is 10.1 Å². The Bertz CT molecular complexity index is 525. The highest BCUT2D eigenvalue weighted by Gasteiger charge is 2.29. The lowest BCUT2D eigenvalue weighted by Crippen LogP contribution is -2.31. The number of benzene rings is 1. The van der Waals surface area contributed by atoms with Gasteiger partial charge in [-0.25, -0.2) is 0 Å². The van der Waals surface area contributed by atoms with Gasteiger partial charge in [0.15, 0.2) is 0 Å². The summed E-state index contributed by atoms with van der Waals surface area (Å²) < 4.78 is 33.0. The molecular weight excluding hydrogens is 296 g/mol. The van der Waals surface area contributed by atoms with Crippen molar-refractivity contribution in [3.63, 3.8) is 0 Å². The highest BCUT2D eigenvalue weighted by atomic mass is 32.2. The zero-order chi connectivity index (χ0) is 14.6. The van der Waals surface area contributed by atoms with E-state index in [2.05, 4.69) is 0 Å². The summed E-state index contributed by atoms with van der Waals surface area (Å²) in [5.74, 6) is 0.821. The molecule has 0 N–H and O–H groups in total. The molecule has 0 radical (unpaired) electrons. The summed E-state index contributed by atoms with van der Waals surface area (Å²) in [6.07, 6.45) is 4.84. The van der Waals surface area contributed by atoms with Gasteiger partial charge in [0.1, 0.15) is 5.75 Å². The van der Waals surface area contributed by atoms with E-state index in [1.165, 1.54) is 0 Å². The van der Waals surface area contributed by atoms with Crippen LogP contribution in [0.4, 0.5) is 0 Å².